The first-order valence-corrected chi connectivity index (χ1v) is 8.89. The van der Waals surface area contributed by atoms with E-state index in [0.717, 1.165) is 25.8 Å². The predicted molar refractivity (Wildman–Crippen MR) is 82.8 cm³/mol. The van der Waals surface area contributed by atoms with E-state index in [9.17, 15) is 8.42 Å². The summed E-state index contributed by atoms with van der Waals surface area (Å²) in [5, 5.41) is 9.29. The van der Waals surface area contributed by atoms with E-state index in [1.165, 1.54) is 12.1 Å². The molecule has 2 N–H and O–H groups in total. The van der Waals surface area contributed by atoms with Gasteiger partial charge in [-0.3, -0.25) is 0 Å². The van der Waals surface area contributed by atoms with Crippen molar-refractivity contribution in [1.29, 1.82) is 0 Å². The van der Waals surface area contributed by atoms with Gasteiger partial charge in [0.15, 0.2) is 0 Å². The highest BCUT2D eigenvalue weighted by Crippen LogP contribution is 2.23. The first-order chi connectivity index (χ1) is 9.94. The van der Waals surface area contributed by atoms with Crippen LogP contribution >= 0.6 is 11.6 Å². The maximum atomic E-state index is 12.4. The van der Waals surface area contributed by atoms with Crippen LogP contribution in [0.3, 0.4) is 0 Å². The molecule has 1 aliphatic rings. The highest BCUT2D eigenvalue weighted by Gasteiger charge is 2.23. The molecule has 0 radical (unpaired) electrons. The van der Waals surface area contributed by atoms with Crippen molar-refractivity contribution in [3.8, 4) is 0 Å². The third-order valence-corrected chi connectivity index (χ3v) is 5.80. The summed E-state index contributed by atoms with van der Waals surface area (Å²) in [6.45, 7) is 1.15. The molecular formula is C14H21ClN2O3S. The Labute approximate surface area is 131 Å². The highest BCUT2D eigenvalue weighted by molar-refractivity contribution is 7.89. The summed E-state index contributed by atoms with van der Waals surface area (Å²) in [5.41, 5.74) is 0.523. The largest absolute Gasteiger partial charge is 0.392 e. The van der Waals surface area contributed by atoms with E-state index in [0.29, 0.717) is 12.1 Å². The van der Waals surface area contributed by atoms with Crippen LogP contribution in [0.4, 0.5) is 0 Å². The Bertz CT molecular complexity index is 592. The molecule has 1 aliphatic heterocycles. The van der Waals surface area contributed by atoms with Gasteiger partial charge >= 0.3 is 0 Å². The second kappa shape index (κ2) is 7.07. The monoisotopic (exact) mass is 332 g/mol. The number of likely N-dealkylation sites (N-methyl/N-ethyl adjacent to an activating group) is 1. The normalized spacial score (nSPS) is 20.6. The minimum Gasteiger partial charge on any atom is -0.392 e. The lowest BCUT2D eigenvalue weighted by atomic mass is 10.0. The highest BCUT2D eigenvalue weighted by atomic mass is 35.5. The van der Waals surface area contributed by atoms with E-state index in [4.69, 9.17) is 16.7 Å². The van der Waals surface area contributed by atoms with Crippen molar-refractivity contribution < 1.29 is 13.5 Å². The van der Waals surface area contributed by atoms with Crippen molar-refractivity contribution in [3.63, 3.8) is 0 Å². The van der Waals surface area contributed by atoms with E-state index in [1.54, 1.807) is 6.07 Å². The summed E-state index contributed by atoms with van der Waals surface area (Å²) < 4.78 is 27.4. The molecule has 1 heterocycles. The average molecular weight is 333 g/mol. The molecule has 2 rings (SSSR count). The maximum absolute atomic E-state index is 12.4. The Morgan fingerprint density at radius 1 is 1.43 bits per heavy atom. The number of rotatable bonds is 5. The van der Waals surface area contributed by atoms with Gasteiger partial charge in [-0.2, -0.15) is 0 Å². The SMILES string of the molecule is CN1CCCCC1CNS(=O)(=O)c1cc(CO)ccc1Cl. The fourth-order valence-electron chi connectivity index (χ4n) is 2.54. The summed E-state index contributed by atoms with van der Waals surface area (Å²) in [4.78, 5) is 2.20. The first-order valence-electron chi connectivity index (χ1n) is 7.03. The number of aliphatic hydroxyl groups is 1. The summed E-state index contributed by atoms with van der Waals surface area (Å²) in [7, 11) is -1.65. The van der Waals surface area contributed by atoms with Gasteiger partial charge < -0.3 is 10.0 Å². The van der Waals surface area contributed by atoms with Crippen LogP contribution < -0.4 is 4.72 Å². The van der Waals surface area contributed by atoms with Crippen molar-refractivity contribution in [1.82, 2.24) is 9.62 Å². The number of piperidine rings is 1. The lowest BCUT2D eigenvalue weighted by molar-refractivity contribution is 0.187. The summed E-state index contributed by atoms with van der Waals surface area (Å²) in [5.74, 6) is 0. The second-order valence-corrected chi connectivity index (χ2v) is 7.55. The number of nitrogens with zero attached hydrogens (tertiary/aromatic N) is 1. The number of hydrogen-bond acceptors (Lipinski definition) is 4. The Hall–Kier alpha value is -0.660. The minimum atomic E-state index is -3.67. The topological polar surface area (TPSA) is 69.6 Å². The average Bonchev–Trinajstić information content (AvgIpc) is 2.47. The molecule has 0 saturated carbocycles. The molecular weight excluding hydrogens is 312 g/mol. The molecule has 1 aromatic carbocycles. The fourth-order valence-corrected chi connectivity index (χ4v) is 4.16. The molecule has 118 valence electrons. The Kier molecular flexibility index (Phi) is 5.62. The summed E-state index contributed by atoms with van der Waals surface area (Å²) >= 11 is 5.98. The summed E-state index contributed by atoms with van der Waals surface area (Å²) in [6, 6.07) is 4.73. The molecule has 1 unspecified atom stereocenters. The Morgan fingerprint density at radius 3 is 2.86 bits per heavy atom. The molecule has 7 heteroatoms. The lowest BCUT2D eigenvalue weighted by Gasteiger charge is -2.32. The molecule has 5 nitrogen and oxygen atoms in total. The molecule has 1 aromatic rings. The third kappa shape index (κ3) is 4.17. The number of sulfonamides is 1. The standard InChI is InChI=1S/C14H21ClN2O3S/c1-17-7-3-2-4-12(17)9-16-21(19,20)14-8-11(10-18)5-6-13(14)15/h5-6,8,12,16,18H,2-4,7,9-10H2,1H3. The predicted octanol–water partition coefficient (Wildman–Crippen LogP) is 1.59. The maximum Gasteiger partial charge on any atom is 0.242 e. The number of nitrogens with one attached hydrogen (secondary N) is 1. The van der Waals surface area contributed by atoms with Crippen LogP contribution in [0, 0.1) is 0 Å². The van der Waals surface area contributed by atoms with Crippen molar-refractivity contribution in [2.75, 3.05) is 20.1 Å². The van der Waals surface area contributed by atoms with Gasteiger partial charge in [0, 0.05) is 12.6 Å². The zero-order chi connectivity index (χ0) is 15.5. The van der Waals surface area contributed by atoms with Crippen LogP contribution in [0.5, 0.6) is 0 Å². The zero-order valence-electron chi connectivity index (χ0n) is 12.0. The molecule has 0 spiro atoms. The molecule has 0 aromatic heterocycles. The van der Waals surface area contributed by atoms with Gasteiger partial charge in [-0.1, -0.05) is 24.1 Å². The van der Waals surface area contributed by atoms with E-state index in [2.05, 4.69) is 9.62 Å². The van der Waals surface area contributed by atoms with Crippen molar-refractivity contribution in [2.45, 2.75) is 36.8 Å². The Morgan fingerprint density at radius 2 is 2.19 bits per heavy atom. The van der Waals surface area contributed by atoms with Crippen LogP contribution in [0.15, 0.2) is 23.1 Å². The molecule has 21 heavy (non-hydrogen) atoms. The van der Waals surface area contributed by atoms with E-state index >= 15 is 0 Å². The van der Waals surface area contributed by atoms with Crippen LogP contribution in [0.25, 0.3) is 0 Å². The smallest absolute Gasteiger partial charge is 0.242 e. The van der Waals surface area contributed by atoms with Crippen LogP contribution in [-0.4, -0.2) is 44.6 Å². The first kappa shape index (κ1) is 16.7. The van der Waals surface area contributed by atoms with Crippen LogP contribution in [-0.2, 0) is 16.6 Å². The number of benzene rings is 1. The molecule has 1 atom stereocenters. The number of likely N-dealkylation sites (tertiary alicyclic amines) is 1. The van der Waals surface area contributed by atoms with Gasteiger partial charge in [0.05, 0.1) is 11.6 Å². The summed E-state index contributed by atoms with van der Waals surface area (Å²) in [6.07, 6.45) is 3.27. The van der Waals surface area contributed by atoms with Gasteiger partial charge in [0.2, 0.25) is 10.0 Å². The fraction of sp³-hybridized carbons (Fsp3) is 0.571. The Balaban J connectivity index is 2.11. The van der Waals surface area contributed by atoms with Crippen LogP contribution in [0.1, 0.15) is 24.8 Å². The number of aliphatic hydroxyl groups excluding tert-OH is 1. The number of hydrogen-bond donors (Lipinski definition) is 2. The van der Waals surface area contributed by atoms with E-state index < -0.39 is 10.0 Å². The lowest BCUT2D eigenvalue weighted by Crippen LogP contribution is -2.44. The van der Waals surface area contributed by atoms with Gasteiger partial charge in [0.1, 0.15) is 4.90 Å². The molecule has 0 bridgehead atoms. The van der Waals surface area contributed by atoms with Gasteiger partial charge in [-0.25, -0.2) is 13.1 Å². The number of halogens is 1. The van der Waals surface area contributed by atoms with E-state index in [-0.39, 0.29) is 22.6 Å². The van der Waals surface area contributed by atoms with Gasteiger partial charge in [-0.05, 0) is 44.1 Å². The molecule has 0 amide bonds. The quantitative estimate of drug-likeness (QED) is 0.859. The second-order valence-electron chi connectivity index (χ2n) is 5.40. The third-order valence-electron chi connectivity index (χ3n) is 3.90. The van der Waals surface area contributed by atoms with Crippen molar-refractivity contribution >= 4 is 21.6 Å². The minimum absolute atomic E-state index is 0.0224. The molecule has 1 fully saturated rings. The molecule has 0 aliphatic carbocycles. The zero-order valence-corrected chi connectivity index (χ0v) is 13.6. The molecule has 1 saturated heterocycles. The van der Waals surface area contributed by atoms with Crippen molar-refractivity contribution in [2.24, 2.45) is 0 Å². The van der Waals surface area contributed by atoms with E-state index in [1.807, 2.05) is 7.05 Å². The van der Waals surface area contributed by atoms with Gasteiger partial charge in [-0.15, -0.1) is 0 Å². The van der Waals surface area contributed by atoms with Gasteiger partial charge in [0.25, 0.3) is 0 Å². The van der Waals surface area contributed by atoms with Crippen molar-refractivity contribution in [3.05, 3.63) is 28.8 Å². The van der Waals surface area contributed by atoms with Crippen LogP contribution in [0.2, 0.25) is 5.02 Å².